The van der Waals surface area contributed by atoms with Crippen molar-refractivity contribution >= 4 is 6.29 Å². The van der Waals surface area contributed by atoms with Gasteiger partial charge >= 0.3 is 0 Å². The second-order valence-electron chi connectivity index (χ2n) is 5.19. The standard InChI is InChI=1S/C11H20O2/c1-10(2,8-12)7-11(9-13)5-3-4-6-11/h9,12H,3-8H2,1-2H3. The van der Waals surface area contributed by atoms with E-state index in [1.807, 2.05) is 13.8 Å². The maximum Gasteiger partial charge on any atom is 0.126 e. The quantitative estimate of drug-likeness (QED) is 0.680. The van der Waals surface area contributed by atoms with E-state index in [1.165, 1.54) is 12.8 Å². The predicted octanol–water partition coefficient (Wildman–Crippen LogP) is 2.15. The van der Waals surface area contributed by atoms with Crippen molar-refractivity contribution in [3.8, 4) is 0 Å². The molecule has 0 radical (unpaired) electrons. The van der Waals surface area contributed by atoms with Crippen molar-refractivity contribution in [3.05, 3.63) is 0 Å². The number of rotatable bonds is 4. The van der Waals surface area contributed by atoms with Crippen LogP contribution in [-0.4, -0.2) is 18.0 Å². The molecule has 2 nitrogen and oxygen atoms in total. The van der Waals surface area contributed by atoms with E-state index in [9.17, 15) is 4.79 Å². The molecule has 2 heteroatoms. The Balaban J connectivity index is 2.63. The SMILES string of the molecule is CC(C)(CO)CC1(C=O)CCCC1. The van der Waals surface area contributed by atoms with Crippen LogP contribution in [0.1, 0.15) is 46.0 Å². The van der Waals surface area contributed by atoms with E-state index in [4.69, 9.17) is 5.11 Å². The third-order valence-electron chi connectivity index (χ3n) is 3.11. The molecule has 0 spiro atoms. The normalized spacial score (nSPS) is 21.8. The molecular weight excluding hydrogens is 164 g/mol. The van der Waals surface area contributed by atoms with Crippen LogP contribution < -0.4 is 0 Å². The van der Waals surface area contributed by atoms with Crippen molar-refractivity contribution < 1.29 is 9.90 Å². The second-order valence-corrected chi connectivity index (χ2v) is 5.19. The van der Waals surface area contributed by atoms with E-state index in [1.54, 1.807) is 0 Å². The Labute approximate surface area is 80.3 Å². The number of hydrogen-bond donors (Lipinski definition) is 1. The number of aliphatic hydroxyl groups excluding tert-OH is 1. The minimum Gasteiger partial charge on any atom is -0.396 e. The van der Waals surface area contributed by atoms with E-state index >= 15 is 0 Å². The first-order chi connectivity index (χ1) is 6.04. The second kappa shape index (κ2) is 3.79. The van der Waals surface area contributed by atoms with Crippen LogP contribution in [0, 0.1) is 10.8 Å². The molecule has 1 saturated carbocycles. The zero-order chi connectivity index (χ0) is 9.95. The molecule has 0 amide bonds. The molecule has 0 aromatic heterocycles. The fourth-order valence-corrected chi connectivity index (χ4v) is 2.42. The Morgan fingerprint density at radius 2 is 1.92 bits per heavy atom. The average molecular weight is 184 g/mol. The first-order valence-corrected chi connectivity index (χ1v) is 5.11. The zero-order valence-electron chi connectivity index (χ0n) is 8.68. The van der Waals surface area contributed by atoms with Crippen LogP contribution in [0.4, 0.5) is 0 Å². The summed E-state index contributed by atoms with van der Waals surface area (Å²) >= 11 is 0. The van der Waals surface area contributed by atoms with Crippen LogP contribution in [0.25, 0.3) is 0 Å². The van der Waals surface area contributed by atoms with Gasteiger partial charge in [-0.1, -0.05) is 26.7 Å². The van der Waals surface area contributed by atoms with Crippen LogP contribution in [0.5, 0.6) is 0 Å². The monoisotopic (exact) mass is 184 g/mol. The molecule has 0 unspecified atom stereocenters. The fourth-order valence-electron chi connectivity index (χ4n) is 2.42. The summed E-state index contributed by atoms with van der Waals surface area (Å²) in [5.41, 5.74) is -0.225. The van der Waals surface area contributed by atoms with Gasteiger partial charge in [0.15, 0.2) is 0 Å². The summed E-state index contributed by atoms with van der Waals surface area (Å²) in [6.45, 7) is 4.22. The minimum absolute atomic E-state index is 0.106. The fraction of sp³-hybridized carbons (Fsp3) is 0.909. The third kappa shape index (κ3) is 2.53. The largest absolute Gasteiger partial charge is 0.396 e. The molecule has 0 aliphatic heterocycles. The molecule has 0 aromatic carbocycles. The number of carbonyl (C=O) groups is 1. The van der Waals surface area contributed by atoms with Crippen LogP contribution in [0.2, 0.25) is 0 Å². The van der Waals surface area contributed by atoms with Crippen LogP contribution in [-0.2, 0) is 4.79 Å². The van der Waals surface area contributed by atoms with Gasteiger partial charge < -0.3 is 9.90 Å². The summed E-state index contributed by atoms with van der Waals surface area (Å²) < 4.78 is 0. The Kier molecular flexibility index (Phi) is 3.12. The predicted molar refractivity (Wildman–Crippen MR) is 52.4 cm³/mol. The molecule has 76 valence electrons. The van der Waals surface area contributed by atoms with Crippen molar-refractivity contribution in [1.29, 1.82) is 0 Å². The Morgan fingerprint density at radius 3 is 2.31 bits per heavy atom. The van der Waals surface area contributed by atoms with E-state index < -0.39 is 0 Å². The molecule has 1 rings (SSSR count). The first-order valence-electron chi connectivity index (χ1n) is 5.11. The highest BCUT2D eigenvalue weighted by Crippen LogP contribution is 2.44. The molecule has 13 heavy (non-hydrogen) atoms. The van der Waals surface area contributed by atoms with Crippen molar-refractivity contribution in [2.24, 2.45) is 10.8 Å². The van der Waals surface area contributed by atoms with E-state index in [2.05, 4.69) is 0 Å². The van der Waals surface area contributed by atoms with Crippen molar-refractivity contribution in [3.63, 3.8) is 0 Å². The summed E-state index contributed by atoms with van der Waals surface area (Å²) in [4.78, 5) is 11.0. The van der Waals surface area contributed by atoms with Gasteiger partial charge in [-0.25, -0.2) is 0 Å². The highest BCUT2D eigenvalue weighted by molar-refractivity contribution is 5.60. The lowest BCUT2D eigenvalue weighted by molar-refractivity contribution is -0.118. The molecular formula is C11H20O2. The minimum atomic E-state index is -0.119. The molecule has 0 aromatic rings. The summed E-state index contributed by atoms with van der Waals surface area (Å²) in [7, 11) is 0. The number of carbonyl (C=O) groups excluding carboxylic acids is 1. The molecule has 0 saturated heterocycles. The summed E-state index contributed by atoms with van der Waals surface area (Å²) in [5.74, 6) is 0. The van der Waals surface area contributed by atoms with Gasteiger partial charge in [0, 0.05) is 12.0 Å². The maximum atomic E-state index is 11.0. The Bertz CT molecular complexity index is 179. The van der Waals surface area contributed by atoms with Gasteiger partial charge in [-0.15, -0.1) is 0 Å². The summed E-state index contributed by atoms with van der Waals surface area (Å²) in [6.07, 6.45) is 6.32. The van der Waals surface area contributed by atoms with Crippen molar-refractivity contribution in [2.75, 3.05) is 6.61 Å². The smallest absolute Gasteiger partial charge is 0.126 e. The van der Waals surface area contributed by atoms with E-state index in [-0.39, 0.29) is 17.4 Å². The van der Waals surface area contributed by atoms with Gasteiger partial charge in [-0.05, 0) is 24.7 Å². The molecule has 0 heterocycles. The third-order valence-corrected chi connectivity index (χ3v) is 3.11. The van der Waals surface area contributed by atoms with Gasteiger partial charge in [0.05, 0.1) is 0 Å². The lowest BCUT2D eigenvalue weighted by Gasteiger charge is -2.32. The zero-order valence-corrected chi connectivity index (χ0v) is 8.68. The van der Waals surface area contributed by atoms with Gasteiger partial charge in [-0.2, -0.15) is 0 Å². The number of hydrogen-bond acceptors (Lipinski definition) is 2. The topological polar surface area (TPSA) is 37.3 Å². The molecule has 0 bridgehead atoms. The van der Waals surface area contributed by atoms with E-state index in [0.717, 1.165) is 25.5 Å². The summed E-state index contributed by atoms with van der Waals surface area (Å²) in [5, 5.41) is 9.15. The van der Waals surface area contributed by atoms with Crippen molar-refractivity contribution in [1.82, 2.24) is 0 Å². The number of aldehydes is 1. The van der Waals surface area contributed by atoms with Gasteiger partial charge in [0.25, 0.3) is 0 Å². The molecule has 1 fully saturated rings. The Hall–Kier alpha value is -0.370. The van der Waals surface area contributed by atoms with E-state index in [0.29, 0.717) is 0 Å². The molecule has 1 aliphatic rings. The maximum absolute atomic E-state index is 11.0. The van der Waals surface area contributed by atoms with Crippen LogP contribution in [0.3, 0.4) is 0 Å². The summed E-state index contributed by atoms with van der Waals surface area (Å²) in [6, 6.07) is 0. The van der Waals surface area contributed by atoms with Gasteiger partial charge in [0.2, 0.25) is 0 Å². The van der Waals surface area contributed by atoms with Gasteiger partial charge in [-0.3, -0.25) is 0 Å². The molecule has 0 atom stereocenters. The lowest BCUT2D eigenvalue weighted by atomic mass is 9.73. The van der Waals surface area contributed by atoms with Crippen LogP contribution >= 0.6 is 0 Å². The highest BCUT2D eigenvalue weighted by Gasteiger charge is 2.38. The van der Waals surface area contributed by atoms with Crippen molar-refractivity contribution in [2.45, 2.75) is 46.0 Å². The van der Waals surface area contributed by atoms with Crippen LogP contribution in [0.15, 0.2) is 0 Å². The first kappa shape index (κ1) is 10.7. The highest BCUT2D eigenvalue weighted by atomic mass is 16.3. The van der Waals surface area contributed by atoms with Gasteiger partial charge in [0.1, 0.15) is 6.29 Å². The average Bonchev–Trinajstić information content (AvgIpc) is 2.53. The molecule has 1 aliphatic carbocycles. The Morgan fingerprint density at radius 1 is 1.38 bits per heavy atom. The molecule has 1 N–H and O–H groups in total. The lowest BCUT2D eigenvalue weighted by Crippen LogP contribution is -2.29. The number of aliphatic hydroxyl groups is 1.